The maximum absolute atomic E-state index is 13.0. The van der Waals surface area contributed by atoms with Gasteiger partial charge in [0.25, 0.3) is 0 Å². The fourth-order valence-electron chi connectivity index (χ4n) is 1.09. The number of fused-ring (bicyclic) bond motifs is 1. The second-order valence-corrected chi connectivity index (χ2v) is 3.29. The van der Waals surface area contributed by atoms with Crippen LogP contribution in [0.25, 0.3) is 10.1 Å². The zero-order valence-corrected chi connectivity index (χ0v) is 6.62. The molecule has 0 saturated heterocycles. The highest BCUT2D eigenvalue weighted by Gasteiger charge is 2.02. The standard InChI is InChI=1S/C9H6FS/c1-6-2-3-8(10)7-4-5-11-9(6)7/h2-5H,1H2. The number of hydrogen-bond acceptors (Lipinski definition) is 1. The molecule has 1 aromatic heterocycles. The van der Waals surface area contributed by atoms with Gasteiger partial charge >= 0.3 is 0 Å². The van der Waals surface area contributed by atoms with E-state index in [9.17, 15) is 4.39 Å². The van der Waals surface area contributed by atoms with E-state index in [4.69, 9.17) is 0 Å². The zero-order valence-electron chi connectivity index (χ0n) is 5.80. The molecule has 0 N–H and O–H groups in total. The van der Waals surface area contributed by atoms with Crippen molar-refractivity contribution in [3.8, 4) is 0 Å². The number of hydrogen-bond donors (Lipinski definition) is 0. The molecule has 1 radical (unpaired) electrons. The van der Waals surface area contributed by atoms with Crippen LogP contribution < -0.4 is 0 Å². The van der Waals surface area contributed by atoms with E-state index in [-0.39, 0.29) is 5.82 Å². The minimum absolute atomic E-state index is 0.159. The van der Waals surface area contributed by atoms with E-state index in [1.165, 1.54) is 17.4 Å². The summed E-state index contributed by atoms with van der Waals surface area (Å²) in [5.74, 6) is -0.159. The van der Waals surface area contributed by atoms with Gasteiger partial charge in [0.15, 0.2) is 0 Å². The predicted molar refractivity (Wildman–Crippen MR) is 46.2 cm³/mol. The third-order valence-corrected chi connectivity index (χ3v) is 2.63. The molecule has 0 aliphatic heterocycles. The molecule has 2 heteroatoms. The SMILES string of the molecule is [CH2]c1ccc(F)c2ccsc12. The third kappa shape index (κ3) is 0.942. The molecular formula is C9H6FS. The summed E-state index contributed by atoms with van der Waals surface area (Å²) >= 11 is 1.53. The second kappa shape index (κ2) is 2.31. The minimum atomic E-state index is -0.159. The molecule has 0 aliphatic carbocycles. The Labute approximate surface area is 68.3 Å². The van der Waals surface area contributed by atoms with Crippen molar-refractivity contribution in [2.45, 2.75) is 0 Å². The average molecular weight is 165 g/mol. The van der Waals surface area contributed by atoms with Crippen LogP contribution in [0.4, 0.5) is 4.39 Å². The molecule has 11 heavy (non-hydrogen) atoms. The van der Waals surface area contributed by atoms with Crippen LogP contribution in [0.5, 0.6) is 0 Å². The molecule has 0 unspecified atom stereocenters. The van der Waals surface area contributed by atoms with Crippen LogP contribution in [0, 0.1) is 12.7 Å². The highest BCUT2D eigenvalue weighted by atomic mass is 32.1. The van der Waals surface area contributed by atoms with E-state index in [2.05, 4.69) is 6.92 Å². The van der Waals surface area contributed by atoms with E-state index in [0.29, 0.717) is 5.39 Å². The van der Waals surface area contributed by atoms with Crippen LogP contribution in [0.15, 0.2) is 23.6 Å². The number of rotatable bonds is 0. The van der Waals surface area contributed by atoms with Crippen molar-refractivity contribution in [2.75, 3.05) is 0 Å². The molecule has 55 valence electrons. The summed E-state index contributed by atoms with van der Waals surface area (Å²) in [7, 11) is 0. The summed E-state index contributed by atoms with van der Waals surface area (Å²) in [6.45, 7) is 3.81. The molecule has 0 saturated carbocycles. The van der Waals surface area contributed by atoms with Crippen molar-refractivity contribution in [1.29, 1.82) is 0 Å². The number of benzene rings is 1. The lowest BCUT2D eigenvalue weighted by Gasteiger charge is -1.94. The second-order valence-electron chi connectivity index (χ2n) is 2.37. The predicted octanol–water partition coefficient (Wildman–Crippen LogP) is 3.22. The van der Waals surface area contributed by atoms with Crippen molar-refractivity contribution in [3.63, 3.8) is 0 Å². The van der Waals surface area contributed by atoms with Crippen molar-refractivity contribution in [2.24, 2.45) is 0 Å². The van der Waals surface area contributed by atoms with E-state index >= 15 is 0 Å². The molecule has 0 fully saturated rings. The molecular weight excluding hydrogens is 159 g/mol. The van der Waals surface area contributed by atoms with E-state index < -0.39 is 0 Å². The van der Waals surface area contributed by atoms with E-state index in [0.717, 1.165) is 10.3 Å². The largest absolute Gasteiger partial charge is 0.206 e. The highest BCUT2D eigenvalue weighted by Crippen LogP contribution is 2.26. The molecule has 0 amide bonds. The van der Waals surface area contributed by atoms with E-state index in [1.54, 1.807) is 12.1 Å². The fourth-order valence-corrected chi connectivity index (χ4v) is 1.94. The van der Waals surface area contributed by atoms with Crippen LogP contribution in [-0.2, 0) is 0 Å². The Morgan fingerprint density at radius 1 is 1.27 bits per heavy atom. The van der Waals surface area contributed by atoms with Gasteiger partial charge in [-0.3, -0.25) is 0 Å². The molecule has 0 aliphatic rings. The lowest BCUT2D eigenvalue weighted by Crippen LogP contribution is -1.76. The van der Waals surface area contributed by atoms with Crippen LogP contribution >= 0.6 is 11.3 Å². The first-order valence-corrected chi connectivity index (χ1v) is 4.14. The summed E-state index contributed by atoms with van der Waals surface area (Å²) in [4.78, 5) is 0. The Bertz CT molecular complexity index is 353. The smallest absolute Gasteiger partial charge is 0.131 e. The van der Waals surface area contributed by atoms with Crippen molar-refractivity contribution in [1.82, 2.24) is 0 Å². The van der Waals surface area contributed by atoms with Gasteiger partial charge in [0.1, 0.15) is 5.82 Å². The van der Waals surface area contributed by atoms with Gasteiger partial charge < -0.3 is 0 Å². The Morgan fingerprint density at radius 3 is 2.82 bits per heavy atom. The number of thiophene rings is 1. The van der Waals surface area contributed by atoms with Crippen molar-refractivity contribution < 1.29 is 4.39 Å². The Kier molecular flexibility index (Phi) is 1.43. The number of halogens is 1. The van der Waals surface area contributed by atoms with Gasteiger partial charge in [-0.05, 0) is 30.0 Å². The molecule has 2 rings (SSSR count). The van der Waals surface area contributed by atoms with Gasteiger partial charge in [-0.15, -0.1) is 11.3 Å². The average Bonchev–Trinajstić information content (AvgIpc) is 2.45. The maximum atomic E-state index is 13.0. The first-order chi connectivity index (χ1) is 5.29. The van der Waals surface area contributed by atoms with Crippen LogP contribution in [0.1, 0.15) is 5.56 Å². The van der Waals surface area contributed by atoms with Gasteiger partial charge in [-0.2, -0.15) is 0 Å². The lowest BCUT2D eigenvalue weighted by molar-refractivity contribution is 0.640. The molecule has 0 bridgehead atoms. The van der Waals surface area contributed by atoms with Crippen LogP contribution in [-0.4, -0.2) is 0 Å². The van der Waals surface area contributed by atoms with Gasteiger partial charge in [0.05, 0.1) is 0 Å². The summed E-state index contributed by atoms with van der Waals surface area (Å²) in [6.07, 6.45) is 0. The minimum Gasteiger partial charge on any atom is -0.206 e. The third-order valence-electron chi connectivity index (χ3n) is 1.65. The summed E-state index contributed by atoms with van der Waals surface area (Å²) in [6, 6.07) is 4.94. The summed E-state index contributed by atoms with van der Waals surface area (Å²) < 4.78 is 13.9. The highest BCUT2D eigenvalue weighted by molar-refractivity contribution is 7.17. The van der Waals surface area contributed by atoms with Crippen molar-refractivity contribution >= 4 is 21.4 Å². The Hall–Kier alpha value is -0.890. The Morgan fingerprint density at radius 2 is 2.09 bits per heavy atom. The zero-order chi connectivity index (χ0) is 7.84. The quantitative estimate of drug-likeness (QED) is 0.562. The molecule has 1 heterocycles. The first kappa shape index (κ1) is 6.80. The first-order valence-electron chi connectivity index (χ1n) is 3.27. The van der Waals surface area contributed by atoms with Gasteiger partial charge in [-0.25, -0.2) is 4.39 Å². The van der Waals surface area contributed by atoms with Crippen LogP contribution in [0.3, 0.4) is 0 Å². The summed E-state index contributed by atoms with van der Waals surface area (Å²) in [5.41, 5.74) is 0.899. The maximum Gasteiger partial charge on any atom is 0.131 e. The van der Waals surface area contributed by atoms with Gasteiger partial charge in [-0.1, -0.05) is 6.07 Å². The Balaban J connectivity index is 2.96. The molecule has 1 aromatic carbocycles. The normalized spacial score (nSPS) is 10.7. The molecule has 0 atom stereocenters. The summed E-state index contributed by atoms with van der Waals surface area (Å²) in [5, 5.41) is 2.56. The van der Waals surface area contributed by atoms with E-state index in [1.807, 2.05) is 5.38 Å². The molecule has 2 aromatic rings. The fraction of sp³-hybridized carbons (Fsp3) is 0. The van der Waals surface area contributed by atoms with Gasteiger partial charge in [0, 0.05) is 10.1 Å². The van der Waals surface area contributed by atoms with Crippen molar-refractivity contribution in [3.05, 3.63) is 41.9 Å². The topological polar surface area (TPSA) is 0 Å². The molecule has 0 spiro atoms. The monoisotopic (exact) mass is 165 g/mol. The lowest BCUT2D eigenvalue weighted by atomic mass is 10.2. The van der Waals surface area contributed by atoms with Crippen LogP contribution in [0.2, 0.25) is 0 Å². The molecule has 0 nitrogen and oxygen atoms in total. The van der Waals surface area contributed by atoms with Gasteiger partial charge in [0.2, 0.25) is 0 Å².